The summed E-state index contributed by atoms with van der Waals surface area (Å²) in [6.45, 7) is 9.33. The van der Waals surface area contributed by atoms with Crippen LogP contribution in [0.25, 0.3) is 0 Å². The Balaban J connectivity index is 2.19. The number of nitrogens with zero attached hydrogens (tertiary/aromatic N) is 3. The van der Waals surface area contributed by atoms with Gasteiger partial charge in [-0.15, -0.1) is 0 Å². The van der Waals surface area contributed by atoms with Crippen molar-refractivity contribution in [3.8, 4) is 0 Å². The predicted molar refractivity (Wildman–Crippen MR) is 122 cm³/mol. The second kappa shape index (κ2) is 9.70. The topological polar surface area (TPSA) is 38.1 Å². The molecule has 0 saturated heterocycles. The fourth-order valence-electron chi connectivity index (χ4n) is 2.85. The number of para-hydroxylation sites is 1. The molecule has 27 heavy (non-hydrogen) atoms. The number of rotatable bonds is 7. The van der Waals surface area contributed by atoms with Crippen LogP contribution in [0.4, 0.5) is 5.69 Å². The van der Waals surface area contributed by atoms with E-state index < -0.39 is 6.04 Å². The van der Waals surface area contributed by atoms with Gasteiger partial charge in [-0.1, -0.05) is 45.4 Å². The van der Waals surface area contributed by atoms with Gasteiger partial charge in [0, 0.05) is 12.2 Å². The molecule has 1 amide bonds. The van der Waals surface area contributed by atoms with Gasteiger partial charge < -0.3 is 4.90 Å². The molecule has 0 aliphatic heterocycles. The smallest absolute Gasteiger partial charge is 0.251 e. The molecule has 1 unspecified atom stereocenters. The van der Waals surface area contributed by atoms with E-state index in [-0.39, 0.29) is 5.91 Å². The zero-order valence-corrected chi connectivity index (χ0v) is 20.9. The third kappa shape index (κ3) is 6.16. The Bertz CT molecular complexity index is 769. The number of carbonyl (C=O) groups excluding carboxylic acids is 1. The van der Waals surface area contributed by atoms with Crippen molar-refractivity contribution in [1.82, 2.24) is 9.78 Å². The monoisotopic (exact) mass is 561 g/mol. The second-order valence-electron chi connectivity index (χ2n) is 7.86. The molecule has 0 fully saturated rings. The Kier molecular flexibility index (Phi) is 8.13. The van der Waals surface area contributed by atoms with E-state index in [0.29, 0.717) is 16.6 Å². The number of benzene rings is 1. The first-order valence-corrected chi connectivity index (χ1v) is 11.4. The van der Waals surface area contributed by atoms with Crippen LogP contribution in [-0.2, 0) is 4.79 Å². The van der Waals surface area contributed by atoms with Crippen molar-refractivity contribution in [3.05, 3.63) is 44.0 Å². The van der Waals surface area contributed by atoms with Crippen LogP contribution in [-0.4, -0.2) is 22.2 Å². The summed E-state index contributed by atoms with van der Waals surface area (Å²) in [4.78, 5) is 15.2. The maximum absolute atomic E-state index is 13.3. The highest BCUT2D eigenvalue weighted by Gasteiger charge is 2.27. The van der Waals surface area contributed by atoms with E-state index >= 15 is 0 Å². The molecule has 7 heteroatoms. The lowest BCUT2D eigenvalue weighted by Crippen LogP contribution is -2.37. The van der Waals surface area contributed by atoms with Crippen molar-refractivity contribution in [2.45, 2.75) is 53.0 Å². The normalized spacial score (nSPS) is 12.9. The summed E-state index contributed by atoms with van der Waals surface area (Å²) >= 11 is 10.4. The van der Waals surface area contributed by atoms with Gasteiger partial charge in [-0.2, -0.15) is 5.10 Å². The van der Waals surface area contributed by atoms with Gasteiger partial charge in [-0.05, 0) is 85.1 Å². The van der Waals surface area contributed by atoms with E-state index in [2.05, 4.69) is 73.7 Å². The maximum atomic E-state index is 13.3. The number of carbonyl (C=O) groups is 1. The number of hydrogen-bond acceptors (Lipinski definition) is 2. The minimum Gasteiger partial charge on any atom is -0.311 e. The molecule has 1 heterocycles. The number of unbranched alkanes of at least 4 members (excludes halogenated alkanes) is 1. The minimum atomic E-state index is -0.426. The summed E-state index contributed by atoms with van der Waals surface area (Å²) in [5.74, 6) is 0.0279. The Labute approximate surface area is 187 Å². The molecule has 2 aromatic rings. The number of halogens is 3. The van der Waals surface area contributed by atoms with E-state index in [4.69, 9.17) is 0 Å². The van der Waals surface area contributed by atoms with Crippen LogP contribution in [0.1, 0.15) is 53.0 Å². The van der Waals surface area contributed by atoms with E-state index in [1.54, 1.807) is 4.68 Å². The predicted octanol–water partition coefficient (Wildman–Crippen LogP) is 6.98. The van der Waals surface area contributed by atoms with E-state index in [9.17, 15) is 4.79 Å². The van der Waals surface area contributed by atoms with E-state index in [1.165, 1.54) is 0 Å². The van der Waals surface area contributed by atoms with Gasteiger partial charge in [0.25, 0.3) is 5.91 Å². The summed E-state index contributed by atoms with van der Waals surface area (Å²) in [5, 5.41) is 4.43. The summed E-state index contributed by atoms with van der Waals surface area (Å²) in [6.07, 6.45) is 3.21. The van der Waals surface area contributed by atoms with Crippen LogP contribution < -0.4 is 4.90 Å². The molecule has 0 spiro atoms. The molecule has 1 aromatic heterocycles. The lowest BCUT2D eigenvalue weighted by Gasteiger charge is -2.27. The number of amides is 1. The summed E-state index contributed by atoms with van der Waals surface area (Å²) < 4.78 is 3.92. The first-order valence-electron chi connectivity index (χ1n) is 9.07. The van der Waals surface area contributed by atoms with Crippen LogP contribution in [0.2, 0.25) is 0 Å². The van der Waals surface area contributed by atoms with Crippen molar-refractivity contribution < 1.29 is 4.79 Å². The van der Waals surface area contributed by atoms with Gasteiger partial charge in [-0.25, -0.2) is 4.68 Å². The highest BCUT2D eigenvalue weighted by Crippen LogP contribution is 2.33. The molecule has 2 rings (SSSR count). The zero-order valence-electron chi connectivity index (χ0n) is 16.2. The third-order valence-corrected chi connectivity index (χ3v) is 7.51. The van der Waals surface area contributed by atoms with Crippen LogP contribution in [0.5, 0.6) is 0 Å². The first-order chi connectivity index (χ1) is 12.6. The fourth-order valence-corrected chi connectivity index (χ4v) is 4.31. The summed E-state index contributed by atoms with van der Waals surface area (Å²) in [6, 6.07) is 9.44. The summed E-state index contributed by atoms with van der Waals surface area (Å²) in [7, 11) is 0. The standard InChI is InChI=1S/C20H26Br3N3O/c1-14(26-18(23)16(21)17(22)24-26)19(27)25(15-10-6-5-7-11-15)13-9-8-12-20(2,3)4/h5-7,10-11,14H,8-9,12-13H2,1-4H3. The van der Waals surface area contributed by atoms with Crippen LogP contribution >= 0.6 is 47.8 Å². The van der Waals surface area contributed by atoms with Crippen molar-refractivity contribution in [2.75, 3.05) is 11.4 Å². The van der Waals surface area contributed by atoms with Gasteiger partial charge in [-0.3, -0.25) is 4.79 Å². The first kappa shape index (κ1) is 22.6. The molecule has 0 bridgehead atoms. The molecule has 4 nitrogen and oxygen atoms in total. The molecule has 1 aromatic carbocycles. The van der Waals surface area contributed by atoms with Gasteiger partial charge in [0.05, 0.1) is 4.47 Å². The average molecular weight is 564 g/mol. The van der Waals surface area contributed by atoms with Gasteiger partial charge >= 0.3 is 0 Å². The number of aromatic nitrogens is 2. The van der Waals surface area contributed by atoms with Gasteiger partial charge in [0.1, 0.15) is 15.2 Å². The Morgan fingerprint density at radius 1 is 1.15 bits per heavy atom. The molecule has 0 aliphatic rings. The number of anilines is 1. The molecule has 1 atom stereocenters. The van der Waals surface area contributed by atoms with Crippen molar-refractivity contribution in [1.29, 1.82) is 0 Å². The highest BCUT2D eigenvalue weighted by molar-refractivity contribution is 9.14. The van der Waals surface area contributed by atoms with Gasteiger partial charge in [0.15, 0.2) is 0 Å². The van der Waals surface area contributed by atoms with Crippen molar-refractivity contribution in [3.63, 3.8) is 0 Å². The van der Waals surface area contributed by atoms with Gasteiger partial charge in [0.2, 0.25) is 0 Å². The fraction of sp³-hybridized carbons (Fsp3) is 0.500. The largest absolute Gasteiger partial charge is 0.311 e. The third-order valence-electron chi connectivity index (χ3n) is 4.38. The number of hydrogen-bond donors (Lipinski definition) is 0. The molecule has 0 aliphatic carbocycles. The average Bonchev–Trinajstić information content (AvgIpc) is 2.88. The Morgan fingerprint density at radius 3 is 2.30 bits per heavy atom. The molecule has 148 valence electrons. The molecular formula is C20H26Br3N3O. The van der Waals surface area contributed by atoms with Crippen LogP contribution in [0.15, 0.2) is 44.0 Å². The van der Waals surface area contributed by atoms with Crippen LogP contribution in [0, 0.1) is 5.41 Å². The second-order valence-corrected chi connectivity index (χ2v) is 10.2. The molecule has 0 saturated carbocycles. The lowest BCUT2D eigenvalue weighted by molar-refractivity contribution is -0.121. The SMILES string of the molecule is CC(C(=O)N(CCCCC(C)(C)C)c1ccccc1)n1nc(Br)c(Br)c1Br. The van der Waals surface area contributed by atoms with Crippen molar-refractivity contribution >= 4 is 59.4 Å². The highest BCUT2D eigenvalue weighted by atomic mass is 79.9. The molecule has 0 radical (unpaired) electrons. The lowest BCUT2D eigenvalue weighted by atomic mass is 9.90. The quantitative estimate of drug-likeness (QED) is 0.341. The zero-order chi connectivity index (χ0) is 20.2. The van der Waals surface area contributed by atoms with Crippen LogP contribution in [0.3, 0.4) is 0 Å². The van der Waals surface area contributed by atoms with E-state index in [0.717, 1.165) is 34.0 Å². The van der Waals surface area contributed by atoms with Crippen molar-refractivity contribution in [2.24, 2.45) is 5.41 Å². The molecular weight excluding hydrogens is 538 g/mol. The Hall–Kier alpha value is -0.660. The maximum Gasteiger partial charge on any atom is 0.251 e. The van der Waals surface area contributed by atoms with E-state index in [1.807, 2.05) is 42.2 Å². The molecule has 0 N–H and O–H groups in total. The Morgan fingerprint density at radius 2 is 1.78 bits per heavy atom. The summed E-state index contributed by atoms with van der Waals surface area (Å²) in [5.41, 5.74) is 1.24. The minimum absolute atomic E-state index is 0.0279.